The minimum atomic E-state index is -0.0592. The third-order valence-corrected chi connectivity index (χ3v) is 4.31. The normalized spacial score (nSPS) is 14.8. The molecule has 0 bridgehead atoms. The van der Waals surface area contributed by atoms with Crippen molar-refractivity contribution >= 4 is 28.4 Å². The van der Waals surface area contributed by atoms with Gasteiger partial charge in [0.1, 0.15) is 5.01 Å². The minimum absolute atomic E-state index is 0.0592. The molecular formula is C13H18N8OS. The summed E-state index contributed by atoms with van der Waals surface area (Å²) in [6.07, 6.45) is 4.09. The second kappa shape index (κ2) is 7.18. The van der Waals surface area contributed by atoms with Crippen LogP contribution < -0.4 is 16.0 Å². The average molecular weight is 334 g/mol. The lowest BCUT2D eigenvalue weighted by atomic mass is 10.3. The molecule has 2 amide bonds. The number of nitrogen functional groups attached to an aromatic ring is 1. The summed E-state index contributed by atoms with van der Waals surface area (Å²) in [5.74, 6) is 0.710. The van der Waals surface area contributed by atoms with E-state index in [2.05, 4.69) is 30.4 Å². The van der Waals surface area contributed by atoms with Gasteiger partial charge in [-0.05, 0) is 6.07 Å². The average Bonchev–Trinajstić information content (AvgIpc) is 3.01. The zero-order valence-corrected chi connectivity index (χ0v) is 13.4. The number of piperazine rings is 1. The van der Waals surface area contributed by atoms with Crippen molar-refractivity contribution in [2.75, 3.05) is 43.4 Å². The van der Waals surface area contributed by atoms with E-state index in [1.807, 2.05) is 0 Å². The molecule has 0 saturated carbocycles. The molecule has 3 rings (SSSR count). The van der Waals surface area contributed by atoms with Gasteiger partial charge in [0, 0.05) is 51.5 Å². The van der Waals surface area contributed by atoms with Crippen molar-refractivity contribution in [2.45, 2.75) is 6.42 Å². The van der Waals surface area contributed by atoms with Crippen molar-refractivity contribution in [2.24, 2.45) is 0 Å². The van der Waals surface area contributed by atoms with E-state index in [0.29, 0.717) is 37.1 Å². The monoisotopic (exact) mass is 334 g/mol. The first-order valence-corrected chi connectivity index (χ1v) is 8.16. The van der Waals surface area contributed by atoms with Crippen LogP contribution in [0.2, 0.25) is 0 Å². The van der Waals surface area contributed by atoms with Gasteiger partial charge >= 0.3 is 6.03 Å². The second-order valence-corrected chi connectivity index (χ2v) is 6.13. The third-order valence-electron chi connectivity index (χ3n) is 3.50. The van der Waals surface area contributed by atoms with Crippen molar-refractivity contribution in [3.8, 4) is 0 Å². The quantitative estimate of drug-likeness (QED) is 0.808. The van der Waals surface area contributed by atoms with Crippen LogP contribution in [0.4, 0.5) is 15.9 Å². The van der Waals surface area contributed by atoms with Crippen molar-refractivity contribution in [1.82, 2.24) is 30.4 Å². The number of carbonyl (C=O) groups excluding carboxylic acids is 1. The summed E-state index contributed by atoms with van der Waals surface area (Å²) < 4.78 is 0. The predicted octanol–water partition coefficient (Wildman–Crippen LogP) is -0.0154. The summed E-state index contributed by atoms with van der Waals surface area (Å²) in [6, 6.07) is 1.73. The highest BCUT2D eigenvalue weighted by molar-refractivity contribution is 7.15. The second-order valence-electron chi connectivity index (χ2n) is 5.04. The molecule has 1 aliphatic rings. The van der Waals surface area contributed by atoms with E-state index < -0.39 is 0 Å². The fourth-order valence-corrected chi connectivity index (χ4v) is 2.93. The van der Waals surface area contributed by atoms with Crippen LogP contribution in [0.1, 0.15) is 5.01 Å². The Morgan fingerprint density at radius 1 is 1.22 bits per heavy atom. The number of nitrogens with one attached hydrogen (secondary N) is 1. The number of rotatable bonds is 4. The molecule has 0 atom stereocenters. The molecule has 0 unspecified atom stereocenters. The van der Waals surface area contributed by atoms with Gasteiger partial charge in [-0.15, -0.1) is 10.2 Å². The summed E-state index contributed by atoms with van der Waals surface area (Å²) in [4.78, 5) is 24.5. The molecule has 0 spiro atoms. The largest absolute Gasteiger partial charge is 0.374 e. The van der Waals surface area contributed by atoms with Crippen LogP contribution in [0.3, 0.4) is 0 Å². The lowest BCUT2D eigenvalue weighted by molar-refractivity contribution is 0.194. The van der Waals surface area contributed by atoms with E-state index in [-0.39, 0.29) is 6.03 Å². The van der Waals surface area contributed by atoms with Crippen LogP contribution in [-0.2, 0) is 6.42 Å². The Morgan fingerprint density at radius 3 is 2.61 bits per heavy atom. The van der Waals surface area contributed by atoms with Crippen molar-refractivity contribution in [3.05, 3.63) is 23.5 Å². The number of nitrogens with two attached hydrogens (primary N) is 1. The van der Waals surface area contributed by atoms with E-state index in [9.17, 15) is 4.79 Å². The van der Waals surface area contributed by atoms with Crippen molar-refractivity contribution in [3.63, 3.8) is 0 Å². The van der Waals surface area contributed by atoms with Gasteiger partial charge in [0.15, 0.2) is 0 Å². The number of aromatic nitrogens is 4. The lowest BCUT2D eigenvalue weighted by Crippen LogP contribution is -2.52. The zero-order chi connectivity index (χ0) is 16.1. The molecule has 0 radical (unpaired) electrons. The molecule has 122 valence electrons. The number of amides is 2. The summed E-state index contributed by atoms with van der Waals surface area (Å²) in [5, 5.41) is 11.9. The Balaban J connectivity index is 1.41. The van der Waals surface area contributed by atoms with Gasteiger partial charge in [-0.1, -0.05) is 11.3 Å². The van der Waals surface area contributed by atoms with E-state index >= 15 is 0 Å². The Kier molecular flexibility index (Phi) is 4.81. The fraction of sp³-hybridized carbons (Fsp3) is 0.462. The maximum Gasteiger partial charge on any atom is 0.317 e. The standard InChI is InChI=1S/C13H18N8OS/c14-11-19-18-10(23-11)2-5-17-13(22)21-8-6-20(7-9-21)12-15-3-1-4-16-12/h1,3-4H,2,5-9H2,(H2,14,19)(H,17,22). The van der Waals surface area contributed by atoms with E-state index in [1.54, 1.807) is 23.4 Å². The zero-order valence-electron chi connectivity index (χ0n) is 12.6. The first-order chi connectivity index (χ1) is 11.2. The maximum absolute atomic E-state index is 12.1. The predicted molar refractivity (Wildman–Crippen MR) is 87.2 cm³/mol. The number of anilines is 2. The molecule has 23 heavy (non-hydrogen) atoms. The molecule has 10 heteroatoms. The number of hydrogen-bond acceptors (Lipinski definition) is 8. The first kappa shape index (κ1) is 15.4. The number of nitrogens with zero attached hydrogens (tertiary/aromatic N) is 6. The molecule has 3 N–H and O–H groups in total. The van der Waals surface area contributed by atoms with E-state index in [4.69, 9.17) is 5.73 Å². The van der Waals surface area contributed by atoms with Crippen molar-refractivity contribution < 1.29 is 4.79 Å². The van der Waals surface area contributed by atoms with Crippen LogP contribution >= 0.6 is 11.3 Å². The van der Waals surface area contributed by atoms with E-state index in [0.717, 1.165) is 18.1 Å². The van der Waals surface area contributed by atoms with Gasteiger partial charge in [0.25, 0.3) is 0 Å². The van der Waals surface area contributed by atoms with E-state index in [1.165, 1.54) is 11.3 Å². The molecule has 1 aliphatic heterocycles. The first-order valence-electron chi connectivity index (χ1n) is 7.35. The highest BCUT2D eigenvalue weighted by Crippen LogP contribution is 2.11. The SMILES string of the molecule is Nc1nnc(CCNC(=O)N2CCN(c3ncccn3)CC2)s1. The molecule has 1 saturated heterocycles. The number of urea groups is 1. The van der Waals surface area contributed by atoms with Gasteiger partial charge in [-0.3, -0.25) is 0 Å². The fourth-order valence-electron chi connectivity index (χ4n) is 2.32. The summed E-state index contributed by atoms with van der Waals surface area (Å²) in [5.41, 5.74) is 5.52. The van der Waals surface area contributed by atoms with Gasteiger partial charge in [-0.2, -0.15) is 0 Å². The highest BCUT2D eigenvalue weighted by atomic mass is 32.1. The topological polar surface area (TPSA) is 113 Å². The Bertz CT molecular complexity index is 640. The molecule has 2 aromatic heterocycles. The van der Waals surface area contributed by atoms with Gasteiger partial charge in [0.2, 0.25) is 11.1 Å². The molecule has 3 heterocycles. The van der Waals surface area contributed by atoms with Gasteiger partial charge in [-0.25, -0.2) is 14.8 Å². The summed E-state index contributed by atoms with van der Waals surface area (Å²) in [7, 11) is 0. The molecule has 2 aromatic rings. The highest BCUT2D eigenvalue weighted by Gasteiger charge is 2.22. The Labute approximate surface area is 137 Å². The molecule has 0 aliphatic carbocycles. The molecular weight excluding hydrogens is 316 g/mol. The van der Waals surface area contributed by atoms with Crippen LogP contribution in [0, 0.1) is 0 Å². The van der Waals surface area contributed by atoms with Crippen LogP contribution in [-0.4, -0.2) is 63.8 Å². The van der Waals surface area contributed by atoms with Crippen molar-refractivity contribution in [1.29, 1.82) is 0 Å². The molecule has 0 aromatic carbocycles. The summed E-state index contributed by atoms with van der Waals surface area (Å²) in [6.45, 7) is 3.27. The smallest absolute Gasteiger partial charge is 0.317 e. The number of carbonyl (C=O) groups is 1. The van der Waals surface area contributed by atoms with Gasteiger partial charge in [0.05, 0.1) is 0 Å². The lowest BCUT2D eigenvalue weighted by Gasteiger charge is -2.34. The van der Waals surface area contributed by atoms with Crippen LogP contribution in [0.25, 0.3) is 0 Å². The Hall–Kier alpha value is -2.49. The minimum Gasteiger partial charge on any atom is -0.374 e. The summed E-state index contributed by atoms with van der Waals surface area (Å²) >= 11 is 1.34. The Morgan fingerprint density at radius 2 is 1.96 bits per heavy atom. The number of hydrogen-bond donors (Lipinski definition) is 2. The van der Waals surface area contributed by atoms with Crippen LogP contribution in [0.5, 0.6) is 0 Å². The molecule has 9 nitrogen and oxygen atoms in total. The van der Waals surface area contributed by atoms with Gasteiger partial charge < -0.3 is 20.9 Å². The molecule has 1 fully saturated rings. The third kappa shape index (κ3) is 4.03. The van der Waals surface area contributed by atoms with Crippen LogP contribution in [0.15, 0.2) is 18.5 Å². The maximum atomic E-state index is 12.1.